The van der Waals surface area contributed by atoms with Crippen LogP contribution < -0.4 is 4.74 Å². The zero-order valence-corrected chi connectivity index (χ0v) is 23.2. The molecule has 3 rings (SSSR count). The normalized spacial score (nSPS) is 18.8. The van der Waals surface area contributed by atoms with Gasteiger partial charge in [-0.25, -0.2) is 19.1 Å². The van der Waals surface area contributed by atoms with Crippen LogP contribution in [0.15, 0.2) is 25.3 Å². The monoisotopic (exact) mass is 493 g/mol. The molecule has 196 valence electrons. The Labute approximate surface area is 216 Å². The molecular formula is C29H43N5O2. The van der Waals surface area contributed by atoms with Crippen LogP contribution in [-0.2, 0) is 6.42 Å². The summed E-state index contributed by atoms with van der Waals surface area (Å²) >= 11 is 0. The summed E-state index contributed by atoms with van der Waals surface area (Å²) in [5, 5.41) is 3.34. The lowest BCUT2D eigenvalue weighted by Crippen LogP contribution is -2.51. The number of carbonyl (C=O) groups is 1. The van der Waals surface area contributed by atoms with Crippen LogP contribution in [0.5, 0.6) is 5.88 Å². The second kappa shape index (κ2) is 10.2. The van der Waals surface area contributed by atoms with E-state index in [0.29, 0.717) is 30.8 Å². The van der Waals surface area contributed by atoms with Crippen LogP contribution >= 0.6 is 0 Å². The van der Waals surface area contributed by atoms with Crippen molar-refractivity contribution in [2.75, 3.05) is 13.1 Å². The van der Waals surface area contributed by atoms with Crippen molar-refractivity contribution >= 4 is 17.4 Å². The van der Waals surface area contributed by atoms with Gasteiger partial charge in [-0.05, 0) is 41.9 Å². The summed E-state index contributed by atoms with van der Waals surface area (Å²) in [5.74, 6) is 1.23. The van der Waals surface area contributed by atoms with E-state index in [4.69, 9.17) is 16.3 Å². The zero-order chi connectivity index (χ0) is 26.9. The number of carbonyl (C=O) groups excluding carboxylic acids is 1. The van der Waals surface area contributed by atoms with Gasteiger partial charge in [0.25, 0.3) is 5.69 Å². The highest BCUT2D eigenvalue weighted by molar-refractivity contribution is 5.79. The van der Waals surface area contributed by atoms with Crippen LogP contribution in [0.3, 0.4) is 0 Å². The summed E-state index contributed by atoms with van der Waals surface area (Å²) < 4.78 is 7.62. The maximum atomic E-state index is 13.1. The van der Waals surface area contributed by atoms with Gasteiger partial charge in [-0.2, -0.15) is 0 Å². The van der Waals surface area contributed by atoms with Gasteiger partial charge >= 0.3 is 6.09 Å². The van der Waals surface area contributed by atoms with Crippen molar-refractivity contribution < 1.29 is 9.53 Å². The van der Waals surface area contributed by atoms with E-state index in [2.05, 4.69) is 71.6 Å². The first-order chi connectivity index (χ1) is 16.9. The van der Waals surface area contributed by atoms with Crippen molar-refractivity contribution in [2.24, 2.45) is 16.2 Å². The number of aromatic nitrogens is 3. The molecule has 2 aromatic heterocycles. The minimum Gasteiger partial charge on any atom is -0.402 e. The highest BCUT2D eigenvalue weighted by atomic mass is 16.6. The number of amides is 1. The van der Waals surface area contributed by atoms with Crippen LogP contribution in [0.25, 0.3) is 10.5 Å². The molecule has 1 fully saturated rings. The predicted molar refractivity (Wildman–Crippen MR) is 146 cm³/mol. The molecule has 0 bridgehead atoms. The van der Waals surface area contributed by atoms with Crippen molar-refractivity contribution in [3.63, 3.8) is 0 Å². The number of nitrogens with zero attached hydrogens (tertiary/aromatic N) is 4. The molecule has 7 nitrogen and oxygen atoms in total. The number of ether oxygens (including phenoxy) is 1. The van der Waals surface area contributed by atoms with E-state index in [-0.39, 0.29) is 28.0 Å². The van der Waals surface area contributed by atoms with Gasteiger partial charge in [-0.1, -0.05) is 67.0 Å². The van der Waals surface area contributed by atoms with E-state index < -0.39 is 6.09 Å². The van der Waals surface area contributed by atoms with Crippen molar-refractivity contribution in [1.82, 2.24) is 19.5 Å². The first-order valence-corrected chi connectivity index (χ1v) is 13.1. The molecule has 1 atom stereocenters. The molecule has 2 aromatic rings. The number of H-pyrrole nitrogens is 1. The van der Waals surface area contributed by atoms with Crippen LogP contribution in [0.1, 0.15) is 91.5 Å². The van der Waals surface area contributed by atoms with Gasteiger partial charge in [0.1, 0.15) is 11.5 Å². The molecule has 1 saturated carbocycles. The summed E-state index contributed by atoms with van der Waals surface area (Å²) in [6, 6.07) is 0. The molecular weight excluding hydrogens is 450 g/mol. The van der Waals surface area contributed by atoms with Crippen LogP contribution in [-0.4, -0.2) is 38.7 Å². The summed E-state index contributed by atoms with van der Waals surface area (Å²) in [7, 11) is 0. The van der Waals surface area contributed by atoms with E-state index in [1.54, 1.807) is 16.7 Å². The van der Waals surface area contributed by atoms with Crippen LogP contribution in [0.2, 0.25) is 0 Å². The average molecular weight is 494 g/mol. The Morgan fingerprint density at radius 2 is 1.81 bits per heavy atom. The molecule has 1 unspecified atom stereocenters. The summed E-state index contributed by atoms with van der Waals surface area (Å²) in [6.07, 6.45) is 7.81. The van der Waals surface area contributed by atoms with E-state index >= 15 is 0 Å². The van der Waals surface area contributed by atoms with Gasteiger partial charge in [0, 0.05) is 24.6 Å². The zero-order valence-electron chi connectivity index (χ0n) is 23.2. The molecule has 1 N–H and O–H groups in total. The minimum absolute atomic E-state index is 0.0692. The Morgan fingerprint density at radius 1 is 1.22 bits per heavy atom. The minimum atomic E-state index is -0.546. The second-order valence-corrected chi connectivity index (χ2v) is 11.8. The van der Waals surface area contributed by atoms with Gasteiger partial charge in [0.2, 0.25) is 5.88 Å². The fourth-order valence-electron chi connectivity index (χ4n) is 5.79. The summed E-state index contributed by atoms with van der Waals surface area (Å²) in [4.78, 5) is 23.5. The molecule has 1 amide bonds. The molecule has 1 aliphatic carbocycles. The third-order valence-electron chi connectivity index (χ3n) is 9.08. The van der Waals surface area contributed by atoms with Crippen LogP contribution in [0, 0.1) is 22.8 Å². The molecule has 0 saturated heterocycles. The highest BCUT2D eigenvalue weighted by Crippen LogP contribution is 2.62. The lowest BCUT2D eigenvalue weighted by molar-refractivity contribution is -0.0793. The van der Waals surface area contributed by atoms with Crippen molar-refractivity contribution in [2.45, 2.75) is 86.5 Å². The van der Waals surface area contributed by atoms with Gasteiger partial charge in [0.15, 0.2) is 0 Å². The number of nitrogens with one attached hydrogen (secondary N) is 1. The molecule has 7 heteroatoms. The fraction of sp³-hybridized carbons (Fsp3) is 0.621. The Balaban J connectivity index is 2.20. The van der Waals surface area contributed by atoms with E-state index in [1.165, 1.54) is 11.3 Å². The number of aromatic amines is 1. The third-order valence-corrected chi connectivity index (χ3v) is 9.08. The van der Waals surface area contributed by atoms with E-state index in [0.717, 1.165) is 30.7 Å². The third kappa shape index (κ3) is 4.58. The first-order valence-electron chi connectivity index (χ1n) is 13.1. The molecule has 0 spiro atoms. The molecule has 0 aromatic carbocycles. The average Bonchev–Trinajstić information content (AvgIpc) is 3.35. The maximum absolute atomic E-state index is 13.1. The molecule has 0 radical (unpaired) electrons. The number of rotatable bonds is 9. The fourth-order valence-corrected chi connectivity index (χ4v) is 5.79. The number of hydrogen-bond donors (Lipinski definition) is 1. The topological polar surface area (TPSA) is 67.0 Å². The first kappa shape index (κ1) is 27.6. The quantitative estimate of drug-likeness (QED) is 0.288. The van der Waals surface area contributed by atoms with E-state index in [9.17, 15) is 4.79 Å². The van der Waals surface area contributed by atoms with Gasteiger partial charge in [-0.3, -0.25) is 5.10 Å². The Bertz CT molecular complexity index is 1150. The predicted octanol–water partition coefficient (Wildman–Crippen LogP) is 7.68. The highest BCUT2D eigenvalue weighted by Gasteiger charge is 2.54. The molecule has 0 aliphatic heterocycles. The SMILES string of the molecule is [C-]#[N+]c1c(CC2(C)C(C)(C)CCCC2(C)C)c2nc(C(C)CC)[nH]n2c1OC(=O)N(CC=C)CC=C. The maximum Gasteiger partial charge on any atom is 0.416 e. The molecule has 1 aliphatic rings. The van der Waals surface area contributed by atoms with Gasteiger partial charge in [-0.15, -0.1) is 13.2 Å². The van der Waals surface area contributed by atoms with Crippen LogP contribution in [0.4, 0.5) is 10.5 Å². The smallest absolute Gasteiger partial charge is 0.402 e. The molecule has 36 heavy (non-hydrogen) atoms. The standard InChI is InChI=1S/C29H43N5O2/c1-11-17-33(18-12-2)26(35)36-25-22(30-10)21(24-31-23(20(4)13-3)32-34(24)25)19-29(9)27(5,6)15-14-16-28(29,7)8/h11-12,20H,1-2,13-19H2,3-9H3,(H,31,32). The second-order valence-electron chi connectivity index (χ2n) is 11.8. The Hall–Kier alpha value is -3.01. The molecule has 2 heterocycles. The van der Waals surface area contributed by atoms with Gasteiger partial charge < -0.3 is 9.64 Å². The lowest BCUT2D eigenvalue weighted by atomic mass is 9.46. The summed E-state index contributed by atoms with van der Waals surface area (Å²) in [5.41, 5.74) is 1.93. The van der Waals surface area contributed by atoms with Crippen molar-refractivity contribution in [1.29, 1.82) is 0 Å². The van der Waals surface area contributed by atoms with Crippen molar-refractivity contribution in [3.8, 4) is 5.88 Å². The van der Waals surface area contributed by atoms with E-state index in [1.807, 2.05) is 0 Å². The largest absolute Gasteiger partial charge is 0.416 e. The lowest BCUT2D eigenvalue weighted by Gasteiger charge is -2.58. The van der Waals surface area contributed by atoms with Gasteiger partial charge in [0.05, 0.1) is 6.57 Å². The Kier molecular flexibility index (Phi) is 7.78. The number of fused-ring (bicyclic) bond motifs is 1. The summed E-state index contributed by atoms with van der Waals surface area (Å²) in [6.45, 7) is 32.2. The number of hydrogen-bond acceptors (Lipinski definition) is 3. The van der Waals surface area contributed by atoms with Crippen molar-refractivity contribution in [3.05, 3.63) is 48.1 Å². The Morgan fingerprint density at radius 3 is 2.31 bits per heavy atom.